The Morgan fingerprint density at radius 1 is 1.30 bits per heavy atom. The van der Waals surface area contributed by atoms with Crippen LogP contribution >= 0.6 is 0 Å². The highest BCUT2D eigenvalue weighted by Crippen LogP contribution is 2.08. The van der Waals surface area contributed by atoms with Crippen LogP contribution in [0.25, 0.3) is 0 Å². The van der Waals surface area contributed by atoms with Gasteiger partial charge in [0.05, 0.1) is 13.2 Å². The monoisotopic (exact) mass is 319 g/mol. The normalized spacial score (nSPS) is 19.7. The van der Waals surface area contributed by atoms with E-state index in [0.717, 1.165) is 39.2 Å². The fraction of sp³-hybridized carbons (Fsp3) is 0.611. The molecule has 1 N–H and O–H groups in total. The lowest BCUT2D eigenvalue weighted by Gasteiger charge is -2.39. The molecule has 0 bridgehead atoms. The molecule has 0 aliphatic carbocycles. The van der Waals surface area contributed by atoms with Crippen LogP contribution in [0, 0.1) is 0 Å². The highest BCUT2D eigenvalue weighted by molar-refractivity contribution is 5.78. The largest absolute Gasteiger partial charge is 0.383 e. The van der Waals surface area contributed by atoms with Gasteiger partial charge in [-0.25, -0.2) is 0 Å². The summed E-state index contributed by atoms with van der Waals surface area (Å²) >= 11 is 0. The lowest BCUT2D eigenvalue weighted by Crippen LogP contribution is -2.54. The van der Waals surface area contributed by atoms with Crippen molar-refractivity contribution in [3.63, 3.8) is 0 Å². The van der Waals surface area contributed by atoms with Crippen LogP contribution in [0.2, 0.25) is 0 Å². The smallest absolute Gasteiger partial charge is 0.234 e. The van der Waals surface area contributed by atoms with Crippen molar-refractivity contribution in [2.45, 2.75) is 19.4 Å². The summed E-state index contributed by atoms with van der Waals surface area (Å²) in [4.78, 5) is 16.7. The van der Waals surface area contributed by atoms with Crippen LogP contribution < -0.4 is 5.32 Å². The van der Waals surface area contributed by atoms with Gasteiger partial charge in [0.25, 0.3) is 0 Å². The van der Waals surface area contributed by atoms with Crippen molar-refractivity contribution < 1.29 is 9.53 Å². The van der Waals surface area contributed by atoms with Crippen molar-refractivity contribution in [2.24, 2.45) is 0 Å². The number of carbonyl (C=O) groups excluding carboxylic acids is 1. The van der Waals surface area contributed by atoms with Gasteiger partial charge in [-0.3, -0.25) is 14.6 Å². The van der Waals surface area contributed by atoms with Crippen LogP contribution in [0.3, 0.4) is 0 Å². The van der Waals surface area contributed by atoms with E-state index >= 15 is 0 Å². The number of amides is 1. The highest BCUT2D eigenvalue weighted by atomic mass is 16.5. The van der Waals surface area contributed by atoms with Crippen LogP contribution in [0.5, 0.6) is 0 Å². The molecule has 1 aromatic carbocycles. The average Bonchev–Trinajstić information content (AvgIpc) is 2.55. The lowest BCUT2D eigenvalue weighted by molar-refractivity contribution is -0.122. The number of ether oxygens (including phenoxy) is 1. The molecule has 0 spiro atoms. The maximum Gasteiger partial charge on any atom is 0.234 e. The molecule has 2 rings (SSSR count). The van der Waals surface area contributed by atoms with Crippen LogP contribution in [0.15, 0.2) is 30.3 Å². The van der Waals surface area contributed by atoms with Gasteiger partial charge in [0.15, 0.2) is 0 Å². The Kier molecular flexibility index (Phi) is 7.52. The van der Waals surface area contributed by atoms with Gasteiger partial charge >= 0.3 is 0 Å². The van der Waals surface area contributed by atoms with E-state index in [1.807, 2.05) is 18.2 Å². The Balaban J connectivity index is 1.64. The maximum atomic E-state index is 12.1. The Morgan fingerprint density at radius 3 is 2.78 bits per heavy atom. The second kappa shape index (κ2) is 9.65. The van der Waals surface area contributed by atoms with Crippen LogP contribution in [0.1, 0.15) is 12.5 Å². The zero-order valence-electron chi connectivity index (χ0n) is 14.3. The van der Waals surface area contributed by atoms with Gasteiger partial charge in [-0.2, -0.15) is 0 Å². The number of hydrogen-bond acceptors (Lipinski definition) is 4. The van der Waals surface area contributed by atoms with Crippen molar-refractivity contribution in [3.8, 4) is 0 Å². The lowest BCUT2D eigenvalue weighted by atomic mass is 10.1. The predicted molar refractivity (Wildman–Crippen MR) is 92.5 cm³/mol. The molecule has 1 aromatic rings. The summed E-state index contributed by atoms with van der Waals surface area (Å²) < 4.78 is 5.15. The van der Waals surface area contributed by atoms with Gasteiger partial charge in [0.1, 0.15) is 0 Å². The first kappa shape index (κ1) is 17.9. The summed E-state index contributed by atoms with van der Waals surface area (Å²) in [6, 6.07) is 10.7. The summed E-state index contributed by atoms with van der Waals surface area (Å²) in [7, 11) is 1.74. The molecule has 1 fully saturated rings. The van der Waals surface area contributed by atoms with Crippen molar-refractivity contribution in [1.29, 1.82) is 0 Å². The van der Waals surface area contributed by atoms with Crippen molar-refractivity contribution >= 4 is 5.91 Å². The quantitative estimate of drug-likeness (QED) is 0.776. The molecule has 1 aliphatic heterocycles. The fourth-order valence-electron chi connectivity index (χ4n) is 3.00. The second-order valence-electron chi connectivity index (χ2n) is 6.20. The van der Waals surface area contributed by atoms with E-state index in [1.54, 1.807) is 7.11 Å². The van der Waals surface area contributed by atoms with Crippen LogP contribution in [-0.2, 0) is 16.0 Å². The number of piperazine rings is 1. The van der Waals surface area contributed by atoms with Gasteiger partial charge < -0.3 is 10.1 Å². The fourth-order valence-corrected chi connectivity index (χ4v) is 3.00. The van der Waals surface area contributed by atoms with Crippen LogP contribution in [0.4, 0.5) is 0 Å². The molecule has 0 radical (unpaired) electrons. The molecule has 1 aliphatic rings. The zero-order valence-corrected chi connectivity index (χ0v) is 14.3. The van der Waals surface area contributed by atoms with E-state index in [1.165, 1.54) is 5.56 Å². The van der Waals surface area contributed by atoms with Gasteiger partial charge in [0.2, 0.25) is 5.91 Å². The van der Waals surface area contributed by atoms with Gasteiger partial charge in [0, 0.05) is 45.9 Å². The summed E-state index contributed by atoms with van der Waals surface area (Å²) in [5.74, 6) is 0.124. The highest BCUT2D eigenvalue weighted by Gasteiger charge is 2.24. The Morgan fingerprint density at radius 2 is 2.09 bits per heavy atom. The minimum Gasteiger partial charge on any atom is -0.383 e. The first-order valence-electron chi connectivity index (χ1n) is 8.45. The maximum absolute atomic E-state index is 12.1. The van der Waals surface area contributed by atoms with Gasteiger partial charge in [-0.1, -0.05) is 30.3 Å². The van der Waals surface area contributed by atoms with Gasteiger partial charge in [-0.05, 0) is 18.9 Å². The molecule has 128 valence electrons. The summed E-state index contributed by atoms with van der Waals surface area (Å²) in [6.07, 6.45) is 0.883. The van der Waals surface area contributed by atoms with E-state index in [9.17, 15) is 4.79 Å². The molecule has 5 nitrogen and oxygen atoms in total. The van der Waals surface area contributed by atoms with E-state index in [4.69, 9.17) is 4.74 Å². The molecule has 23 heavy (non-hydrogen) atoms. The minimum atomic E-state index is 0.124. The predicted octanol–water partition coefficient (Wildman–Crippen LogP) is 0.998. The third kappa shape index (κ3) is 6.29. The molecule has 1 heterocycles. The SMILES string of the molecule is COCCN1CCN(CC(=O)NCCc2ccccc2)CC1C. The third-order valence-corrected chi connectivity index (χ3v) is 4.38. The summed E-state index contributed by atoms with van der Waals surface area (Å²) in [5, 5.41) is 3.02. The molecule has 5 heteroatoms. The standard InChI is InChI=1S/C18H29N3O2/c1-16-14-20(10-11-21(16)12-13-23-2)15-18(22)19-9-8-17-6-4-3-5-7-17/h3-7,16H,8-15H2,1-2H3,(H,19,22). The van der Waals surface area contributed by atoms with E-state index < -0.39 is 0 Å². The van der Waals surface area contributed by atoms with E-state index in [-0.39, 0.29) is 5.91 Å². The number of nitrogens with one attached hydrogen (secondary N) is 1. The molecule has 0 saturated carbocycles. The number of rotatable bonds is 8. The van der Waals surface area contributed by atoms with E-state index in [0.29, 0.717) is 19.1 Å². The van der Waals surface area contributed by atoms with E-state index in [2.05, 4.69) is 34.2 Å². The average molecular weight is 319 g/mol. The molecule has 1 amide bonds. The van der Waals surface area contributed by atoms with Crippen molar-refractivity contribution in [1.82, 2.24) is 15.1 Å². The van der Waals surface area contributed by atoms with Crippen LogP contribution in [-0.4, -0.2) is 74.7 Å². The second-order valence-corrected chi connectivity index (χ2v) is 6.20. The zero-order chi connectivity index (χ0) is 16.5. The van der Waals surface area contributed by atoms with Crippen molar-refractivity contribution in [2.75, 3.05) is 53.0 Å². The minimum absolute atomic E-state index is 0.124. The Hall–Kier alpha value is -1.43. The summed E-state index contributed by atoms with van der Waals surface area (Å²) in [6.45, 7) is 8.04. The Labute approximate surface area is 139 Å². The van der Waals surface area contributed by atoms with Gasteiger partial charge in [-0.15, -0.1) is 0 Å². The molecule has 1 unspecified atom stereocenters. The molecule has 1 saturated heterocycles. The topological polar surface area (TPSA) is 44.8 Å². The third-order valence-electron chi connectivity index (χ3n) is 4.38. The Bertz CT molecular complexity index is 467. The first-order valence-corrected chi connectivity index (χ1v) is 8.45. The summed E-state index contributed by atoms with van der Waals surface area (Å²) in [5.41, 5.74) is 1.26. The molecular weight excluding hydrogens is 290 g/mol. The number of hydrogen-bond donors (Lipinski definition) is 1. The number of nitrogens with zero attached hydrogens (tertiary/aromatic N) is 2. The molecule has 0 aromatic heterocycles. The first-order chi connectivity index (χ1) is 11.2. The van der Waals surface area contributed by atoms with Crippen molar-refractivity contribution in [3.05, 3.63) is 35.9 Å². The molecule has 1 atom stereocenters. The number of benzene rings is 1. The number of methoxy groups -OCH3 is 1. The molecular formula is C18H29N3O2. The number of carbonyl (C=O) groups is 1.